The van der Waals surface area contributed by atoms with E-state index < -0.39 is 0 Å². The second kappa shape index (κ2) is 3.75. The lowest BCUT2D eigenvalue weighted by Crippen LogP contribution is -2.36. The van der Waals surface area contributed by atoms with E-state index >= 15 is 0 Å². The van der Waals surface area contributed by atoms with Crippen molar-refractivity contribution in [1.29, 1.82) is 0 Å². The summed E-state index contributed by atoms with van der Waals surface area (Å²) in [5.74, 6) is 0. The molecule has 4 nitrogen and oxygen atoms in total. The summed E-state index contributed by atoms with van der Waals surface area (Å²) in [5.41, 5.74) is 2.20. The number of rotatable bonds is 1. The van der Waals surface area contributed by atoms with E-state index in [0.717, 1.165) is 36.5 Å². The molecule has 0 amide bonds. The first kappa shape index (κ1) is 9.06. The van der Waals surface area contributed by atoms with Crippen LogP contribution in [0.2, 0.25) is 0 Å². The van der Waals surface area contributed by atoms with Crippen molar-refractivity contribution in [2.24, 2.45) is 0 Å². The van der Waals surface area contributed by atoms with Crippen LogP contribution in [0.4, 0.5) is 5.69 Å². The van der Waals surface area contributed by atoms with Crippen LogP contribution in [0.1, 0.15) is 0 Å². The van der Waals surface area contributed by atoms with Gasteiger partial charge in [0.05, 0.1) is 23.6 Å². The number of aromatic nitrogens is 2. The Morgan fingerprint density at radius 2 is 2.13 bits per heavy atom. The molecule has 0 N–H and O–H groups in total. The zero-order valence-corrected chi connectivity index (χ0v) is 9.04. The van der Waals surface area contributed by atoms with Crippen molar-refractivity contribution in [3.05, 3.63) is 18.2 Å². The first-order valence-corrected chi connectivity index (χ1v) is 5.76. The minimum atomic E-state index is 0.800. The smallest absolute Gasteiger partial charge is 0.129 e. The number of hydrogen-bond acceptors (Lipinski definition) is 5. The molecule has 0 unspecified atom stereocenters. The molecule has 1 aliphatic heterocycles. The molecular formula is C10H11N3OS. The SMILES string of the molecule is c1cc(N2CCOCC2)c2nnsc2c1. The Kier molecular flexibility index (Phi) is 2.26. The van der Waals surface area contributed by atoms with E-state index in [-0.39, 0.29) is 0 Å². The first-order valence-electron chi connectivity index (χ1n) is 4.99. The van der Waals surface area contributed by atoms with Crippen LogP contribution < -0.4 is 4.90 Å². The van der Waals surface area contributed by atoms with Crippen LogP contribution in [-0.4, -0.2) is 35.9 Å². The lowest BCUT2D eigenvalue weighted by molar-refractivity contribution is 0.123. The van der Waals surface area contributed by atoms with Crippen molar-refractivity contribution in [2.45, 2.75) is 0 Å². The molecule has 1 fully saturated rings. The lowest BCUT2D eigenvalue weighted by atomic mass is 10.2. The third kappa shape index (κ3) is 1.57. The van der Waals surface area contributed by atoms with Gasteiger partial charge in [0.25, 0.3) is 0 Å². The van der Waals surface area contributed by atoms with Crippen LogP contribution in [0.15, 0.2) is 18.2 Å². The Hall–Kier alpha value is -1.20. The maximum atomic E-state index is 5.34. The van der Waals surface area contributed by atoms with Crippen LogP contribution in [0.5, 0.6) is 0 Å². The molecule has 78 valence electrons. The van der Waals surface area contributed by atoms with Gasteiger partial charge >= 0.3 is 0 Å². The zero-order valence-electron chi connectivity index (χ0n) is 8.22. The molecule has 0 saturated carbocycles. The Morgan fingerprint density at radius 3 is 3.00 bits per heavy atom. The highest BCUT2D eigenvalue weighted by molar-refractivity contribution is 7.13. The quantitative estimate of drug-likeness (QED) is 0.732. The number of anilines is 1. The zero-order chi connectivity index (χ0) is 10.1. The van der Waals surface area contributed by atoms with Crippen molar-refractivity contribution in [1.82, 2.24) is 9.59 Å². The fourth-order valence-corrected chi connectivity index (χ4v) is 2.43. The molecule has 0 bridgehead atoms. The summed E-state index contributed by atoms with van der Waals surface area (Å²) in [7, 11) is 0. The number of ether oxygens (including phenoxy) is 1. The number of fused-ring (bicyclic) bond motifs is 1. The standard InChI is InChI=1S/C10H11N3OS/c1-2-8(13-4-6-14-7-5-13)10-9(3-1)15-12-11-10/h1-3H,4-7H2. The Labute approximate surface area is 91.6 Å². The van der Waals surface area contributed by atoms with Gasteiger partial charge in [0.15, 0.2) is 0 Å². The molecule has 15 heavy (non-hydrogen) atoms. The highest BCUT2D eigenvalue weighted by Gasteiger charge is 2.15. The molecule has 0 atom stereocenters. The number of hydrogen-bond donors (Lipinski definition) is 0. The summed E-state index contributed by atoms with van der Waals surface area (Å²) in [6, 6.07) is 6.23. The third-order valence-electron chi connectivity index (χ3n) is 2.61. The molecule has 2 heterocycles. The highest BCUT2D eigenvalue weighted by atomic mass is 32.1. The Balaban J connectivity index is 2.05. The van der Waals surface area contributed by atoms with E-state index in [0.29, 0.717) is 0 Å². The van der Waals surface area contributed by atoms with Crippen molar-refractivity contribution in [3.8, 4) is 0 Å². The van der Waals surface area contributed by atoms with E-state index in [9.17, 15) is 0 Å². The van der Waals surface area contributed by atoms with Gasteiger partial charge in [-0.15, -0.1) is 5.10 Å². The van der Waals surface area contributed by atoms with E-state index in [2.05, 4.69) is 32.7 Å². The lowest BCUT2D eigenvalue weighted by Gasteiger charge is -2.28. The summed E-state index contributed by atoms with van der Waals surface area (Å²) in [4.78, 5) is 2.31. The summed E-state index contributed by atoms with van der Waals surface area (Å²) in [5, 5.41) is 4.18. The maximum Gasteiger partial charge on any atom is 0.129 e. The second-order valence-electron chi connectivity index (χ2n) is 3.50. The molecule has 2 aromatic rings. The van der Waals surface area contributed by atoms with Gasteiger partial charge in [-0.05, 0) is 23.7 Å². The molecule has 3 rings (SSSR count). The molecule has 1 saturated heterocycles. The summed E-state index contributed by atoms with van der Waals surface area (Å²) in [6.45, 7) is 3.48. The average Bonchev–Trinajstić information content (AvgIpc) is 2.78. The summed E-state index contributed by atoms with van der Waals surface area (Å²) in [6.07, 6.45) is 0. The van der Waals surface area contributed by atoms with Gasteiger partial charge in [0, 0.05) is 13.1 Å². The normalized spacial score (nSPS) is 17.2. The van der Waals surface area contributed by atoms with Gasteiger partial charge in [-0.2, -0.15) is 0 Å². The Bertz CT molecular complexity index is 464. The van der Waals surface area contributed by atoms with Gasteiger partial charge in [0.2, 0.25) is 0 Å². The van der Waals surface area contributed by atoms with E-state index in [1.165, 1.54) is 17.2 Å². The van der Waals surface area contributed by atoms with Gasteiger partial charge in [-0.25, -0.2) is 0 Å². The second-order valence-corrected chi connectivity index (χ2v) is 4.28. The van der Waals surface area contributed by atoms with Gasteiger partial charge in [0.1, 0.15) is 5.52 Å². The van der Waals surface area contributed by atoms with Crippen molar-refractivity contribution >= 4 is 27.4 Å². The molecule has 0 spiro atoms. The topological polar surface area (TPSA) is 38.2 Å². The van der Waals surface area contributed by atoms with Crippen LogP contribution in [-0.2, 0) is 4.74 Å². The number of morpholine rings is 1. The first-order chi connectivity index (χ1) is 7.45. The van der Waals surface area contributed by atoms with Gasteiger partial charge in [-0.3, -0.25) is 0 Å². The molecule has 0 aliphatic carbocycles. The number of benzene rings is 1. The maximum absolute atomic E-state index is 5.34. The molecule has 1 aromatic carbocycles. The average molecular weight is 221 g/mol. The minimum absolute atomic E-state index is 0.800. The molecule has 0 radical (unpaired) electrons. The van der Waals surface area contributed by atoms with Crippen molar-refractivity contribution < 1.29 is 4.74 Å². The Morgan fingerprint density at radius 1 is 1.27 bits per heavy atom. The predicted octanol–water partition coefficient (Wildman–Crippen LogP) is 1.53. The number of nitrogens with zero attached hydrogens (tertiary/aromatic N) is 3. The predicted molar refractivity (Wildman–Crippen MR) is 60.4 cm³/mol. The van der Waals surface area contributed by atoms with Crippen molar-refractivity contribution in [3.63, 3.8) is 0 Å². The molecule has 1 aromatic heterocycles. The highest BCUT2D eigenvalue weighted by Crippen LogP contribution is 2.27. The van der Waals surface area contributed by atoms with Gasteiger partial charge < -0.3 is 9.64 Å². The van der Waals surface area contributed by atoms with Crippen LogP contribution in [0, 0.1) is 0 Å². The van der Waals surface area contributed by atoms with Crippen LogP contribution in [0.3, 0.4) is 0 Å². The third-order valence-corrected chi connectivity index (χ3v) is 3.30. The van der Waals surface area contributed by atoms with E-state index in [4.69, 9.17) is 4.74 Å². The van der Waals surface area contributed by atoms with Crippen LogP contribution in [0.25, 0.3) is 10.2 Å². The molecule has 1 aliphatic rings. The molecule has 5 heteroatoms. The largest absolute Gasteiger partial charge is 0.378 e. The van der Waals surface area contributed by atoms with E-state index in [1.807, 2.05) is 0 Å². The summed E-state index contributed by atoms with van der Waals surface area (Å²) < 4.78 is 10.5. The van der Waals surface area contributed by atoms with Crippen molar-refractivity contribution in [2.75, 3.05) is 31.2 Å². The minimum Gasteiger partial charge on any atom is -0.378 e. The summed E-state index contributed by atoms with van der Waals surface area (Å²) >= 11 is 1.45. The fourth-order valence-electron chi connectivity index (χ4n) is 1.85. The monoisotopic (exact) mass is 221 g/mol. The van der Waals surface area contributed by atoms with E-state index in [1.54, 1.807) is 0 Å². The molecular weight excluding hydrogens is 210 g/mol. The fraction of sp³-hybridized carbons (Fsp3) is 0.400. The van der Waals surface area contributed by atoms with Gasteiger partial charge in [-0.1, -0.05) is 10.6 Å². The van der Waals surface area contributed by atoms with Crippen LogP contribution >= 0.6 is 11.5 Å².